The second kappa shape index (κ2) is 6.90. The summed E-state index contributed by atoms with van der Waals surface area (Å²) >= 11 is 0. The summed E-state index contributed by atoms with van der Waals surface area (Å²) in [7, 11) is 1.93. The smallest absolute Gasteiger partial charge is 0.111 e. The zero-order chi connectivity index (χ0) is 13.6. The average Bonchev–Trinajstić information content (AvgIpc) is 2.84. The van der Waals surface area contributed by atoms with E-state index in [2.05, 4.69) is 35.6 Å². The van der Waals surface area contributed by atoms with Gasteiger partial charge in [0.1, 0.15) is 5.82 Å². The maximum absolute atomic E-state index is 9.49. The van der Waals surface area contributed by atoms with Crippen LogP contribution in [0.1, 0.15) is 51.8 Å². The molecule has 1 rings (SSSR count). The van der Waals surface area contributed by atoms with Crippen LogP contribution in [0.4, 0.5) is 0 Å². The molecule has 18 heavy (non-hydrogen) atoms. The topological polar surface area (TPSA) is 50.1 Å². The van der Waals surface area contributed by atoms with Crippen LogP contribution >= 0.6 is 0 Å². The number of aromatic nitrogens is 2. The van der Waals surface area contributed by atoms with Gasteiger partial charge < -0.3 is 15.0 Å². The van der Waals surface area contributed by atoms with Crippen molar-refractivity contribution in [3.8, 4) is 0 Å². The molecule has 104 valence electrons. The number of imidazole rings is 1. The van der Waals surface area contributed by atoms with Crippen LogP contribution in [0.3, 0.4) is 0 Å². The van der Waals surface area contributed by atoms with E-state index < -0.39 is 0 Å². The van der Waals surface area contributed by atoms with Crippen molar-refractivity contribution in [3.05, 3.63) is 18.2 Å². The van der Waals surface area contributed by atoms with Gasteiger partial charge in [0.15, 0.2) is 0 Å². The fourth-order valence-corrected chi connectivity index (χ4v) is 2.35. The number of aliphatic hydroxyl groups is 1. The molecular formula is C14H27N3O. The summed E-state index contributed by atoms with van der Waals surface area (Å²) in [6.45, 7) is 7.61. The molecule has 1 atom stereocenters. The second-order valence-electron chi connectivity index (χ2n) is 5.28. The normalized spacial score (nSPS) is 15.0. The molecule has 0 spiro atoms. The Hall–Kier alpha value is -0.870. The Morgan fingerprint density at radius 2 is 2.22 bits per heavy atom. The van der Waals surface area contributed by atoms with Crippen molar-refractivity contribution >= 4 is 0 Å². The van der Waals surface area contributed by atoms with Crippen LogP contribution in [0.2, 0.25) is 0 Å². The van der Waals surface area contributed by atoms with Crippen LogP contribution < -0.4 is 5.32 Å². The Labute approximate surface area is 110 Å². The van der Waals surface area contributed by atoms with E-state index in [1.807, 2.05) is 19.4 Å². The van der Waals surface area contributed by atoms with Gasteiger partial charge in [-0.1, -0.05) is 20.8 Å². The fraction of sp³-hybridized carbons (Fsp3) is 0.786. The number of rotatable bonds is 8. The first-order valence-corrected chi connectivity index (χ1v) is 6.89. The van der Waals surface area contributed by atoms with Gasteiger partial charge in [-0.05, 0) is 26.3 Å². The summed E-state index contributed by atoms with van der Waals surface area (Å²) < 4.78 is 2.22. The van der Waals surface area contributed by atoms with Gasteiger partial charge in [-0.15, -0.1) is 0 Å². The number of nitrogens with one attached hydrogen (secondary N) is 1. The summed E-state index contributed by atoms with van der Waals surface area (Å²) in [5, 5.41) is 12.8. The lowest BCUT2D eigenvalue weighted by atomic mass is 9.91. The van der Waals surface area contributed by atoms with Gasteiger partial charge in [0.25, 0.3) is 0 Å². The monoisotopic (exact) mass is 253 g/mol. The van der Waals surface area contributed by atoms with Crippen LogP contribution in [0.25, 0.3) is 0 Å². The highest BCUT2D eigenvalue weighted by atomic mass is 16.3. The summed E-state index contributed by atoms with van der Waals surface area (Å²) in [5.74, 6) is 1.60. The van der Waals surface area contributed by atoms with Gasteiger partial charge in [0.2, 0.25) is 0 Å². The quantitative estimate of drug-likeness (QED) is 0.746. The van der Waals surface area contributed by atoms with Crippen molar-refractivity contribution in [3.63, 3.8) is 0 Å². The Morgan fingerprint density at radius 3 is 2.72 bits per heavy atom. The molecule has 1 unspecified atom stereocenters. The third-order valence-corrected chi connectivity index (χ3v) is 3.83. The molecule has 0 saturated heterocycles. The minimum Gasteiger partial charge on any atom is -0.394 e. The molecule has 0 aromatic carbocycles. The molecule has 0 aliphatic rings. The molecule has 4 heteroatoms. The number of likely N-dealkylation sites (N-methyl/N-ethyl adjacent to an activating group) is 1. The molecule has 2 N–H and O–H groups in total. The lowest BCUT2D eigenvalue weighted by molar-refractivity contribution is 0.151. The zero-order valence-electron chi connectivity index (χ0n) is 12.1. The van der Waals surface area contributed by atoms with Gasteiger partial charge in [-0.25, -0.2) is 4.98 Å². The van der Waals surface area contributed by atoms with E-state index in [4.69, 9.17) is 0 Å². The van der Waals surface area contributed by atoms with Crippen LogP contribution in [0, 0.1) is 0 Å². The molecule has 1 heterocycles. The molecule has 0 amide bonds. The molecule has 0 saturated carbocycles. The highest BCUT2D eigenvalue weighted by Crippen LogP contribution is 2.18. The summed E-state index contributed by atoms with van der Waals surface area (Å²) in [5.41, 5.74) is -0.126. The standard InChI is InChI=1S/C14H27N3O/c1-5-14(11-18,15-4)7-6-9-17-10-8-16-13(17)12(2)3/h8,10,12,15,18H,5-7,9,11H2,1-4H3. The van der Waals surface area contributed by atoms with E-state index in [9.17, 15) is 5.11 Å². The number of hydrogen-bond acceptors (Lipinski definition) is 3. The molecule has 0 fully saturated rings. The Bertz CT molecular complexity index is 334. The van der Waals surface area contributed by atoms with Crippen molar-refractivity contribution in [1.29, 1.82) is 0 Å². The third-order valence-electron chi connectivity index (χ3n) is 3.83. The Morgan fingerprint density at radius 1 is 1.50 bits per heavy atom. The van der Waals surface area contributed by atoms with Gasteiger partial charge >= 0.3 is 0 Å². The largest absolute Gasteiger partial charge is 0.394 e. The number of aryl methyl sites for hydroxylation is 1. The van der Waals surface area contributed by atoms with Crippen molar-refractivity contribution in [1.82, 2.24) is 14.9 Å². The van der Waals surface area contributed by atoms with E-state index in [1.165, 1.54) is 0 Å². The molecule has 1 aromatic heterocycles. The van der Waals surface area contributed by atoms with Crippen LogP contribution in [0.15, 0.2) is 12.4 Å². The molecule has 0 aliphatic carbocycles. The molecular weight excluding hydrogens is 226 g/mol. The summed E-state index contributed by atoms with van der Waals surface area (Å²) in [4.78, 5) is 4.39. The molecule has 4 nitrogen and oxygen atoms in total. The SMILES string of the molecule is CCC(CO)(CCCn1ccnc1C(C)C)NC. The summed E-state index contributed by atoms with van der Waals surface area (Å²) in [6, 6.07) is 0. The first-order valence-electron chi connectivity index (χ1n) is 6.89. The van der Waals surface area contributed by atoms with E-state index in [0.29, 0.717) is 5.92 Å². The van der Waals surface area contributed by atoms with E-state index in [0.717, 1.165) is 31.6 Å². The Kier molecular flexibility index (Phi) is 5.82. The Balaban J connectivity index is 2.53. The molecule has 1 aromatic rings. The predicted octanol–water partition coefficient (Wildman–Crippen LogP) is 2.15. The lowest BCUT2D eigenvalue weighted by Crippen LogP contribution is -2.46. The van der Waals surface area contributed by atoms with Crippen molar-refractivity contribution < 1.29 is 5.11 Å². The lowest BCUT2D eigenvalue weighted by Gasteiger charge is -2.30. The third kappa shape index (κ3) is 3.56. The fourth-order valence-electron chi connectivity index (χ4n) is 2.35. The zero-order valence-corrected chi connectivity index (χ0v) is 12.1. The van der Waals surface area contributed by atoms with Crippen LogP contribution in [-0.4, -0.2) is 33.9 Å². The minimum absolute atomic E-state index is 0.126. The van der Waals surface area contributed by atoms with E-state index in [-0.39, 0.29) is 12.1 Å². The summed E-state index contributed by atoms with van der Waals surface area (Å²) in [6.07, 6.45) is 6.88. The highest BCUT2D eigenvalue weighted by molar-refractivity contribution is 4.97. The number of nitrogens with zero attached hydrogens (tertiary/aromatic N) is 2. The van der Waals surface area contributed by atoms with E-state index in [1.54, 1.807) is 0 Å². The first kappa shape index (κ1) is 15.2. The van der Waals surface area contributed by atoms with Crippen LogP contribution in [0.5, 0.6) is 0 Å². The maximum Gasteiger partial charge on any atom is 0.111 e. The van der Waals surface area contributed by atoms with Crippen LogP contribution in [-0.2, 0) is 6.54 Å². The predicted molar refractivity (Wildman–Crippen MR) is 74.7 cm³/mol. The number of aliphatic hydroxyl groups excluding tert-OH is 1. The molecule has 0 aliphatic heterocycles. The average molecular weight is 253 g/mol. The van der Waals surface area contributed by atoms with Gasteiger partial charge in [0, 0.05) is 30.4 Å². The number of hydrogen-bond donors (Lipinski definition) is 2. The molecule has 0 bridgehead atoms. The van der Waals surface area contributed by atoms with Gasteiger partial charge in [-0.2, -0.15) is 0 Å². The van der Waals surface area contributed by atoms with Gasteiger partial charge in [0.05, 0.1) is 6.61 Å². The van der Waals surface area contributed by atoms with Crippen molar-refractivity contribution in [2.24, 2.45) is 0 Å². The molecule has 0 radical (unpaired) electrons. The highest BCUT2D eigenvalue weighted by Gasteiger charge is 2.24. The van der Waals surface area contributed by atoms with Crippen molar-refractivity contribution in [2.45, 2.75) is 58.0 Å². The van der Waals surface area contributed by atoms with Gasteiger partial charge in [-0.3, -0.25) is 0 Å². The first-order chi connectivity index (χ1) is 8.58. The van der Waals surface area contributed by atoms with Crippen molar-refractivity contribution in [2.75, 3.05) is 13.7 Å². The minimum atomic E-state index is -0.126. The van der Waals surface area contributed by atoms with E-state index >= 15 is 0 Å². The second-order valence-corrected chi connectivity index (χ2v) is 5.28. The maximum atomic E-state index is 9.49.